The molecule has 0 amide bonds. The number of rotatable bonds is 4. The first kappa shape index (κ1) is 16.5. The van der Waals surface area contributed by atoms with Gasteiger partial charge in [0.05, 0.1) is 0 Å². The predicted molar refractivity (Wildman–Crippen MR) is 90.1 cm³/mol. The van der Waals surface area contributed by atoms with Crippen molar-refractivity contribution in [3.8, 4) is 5.88 Å². The molecule has 0 N–H and O–H groups in total. The molecule has 3 heterocycles. The maximum atomic E-state index is 14.0. The van der Waals surface area contributed by atoms with E-state index in [9.17, 15) is 12.8 Å². The van der Waals surface area contributed by atoms with Crippen LogP contribution in [0.3, 0.4) is 0 Å². The molecule has 1 aromatic carbocycles. The van der Waals surface area contributed by atoms with Gasteiger partial charge < -0.3 is 4.74 Å². The fourth-order valence-corrected chi connectivity index (χ4v) is 5.89. The fraction of sp³-hybridized carbons (Fsp3) is 0.389. The van der Waals surface area contributed by atoms with E-state index >= 15 is 0 Å². The third kappa shape index (κ3) is 3.02. The van der Waals surface area contributed by atoms with Crippen molar-refractivity contribution >= 4 is 10.0 Å². The number of sulfonamides is 1. The van der Waals surface area contributed by atoms with E-state index in [0.717, 1.165) is 12.8 Å². The molecule has 2 bridgehead atoms. The summed E-state index contributed by atoms with van der Waals surface area (Å²) in [6.45, 7) is 0. The van der Waals surface area contributed by atoms with Crippen molar-refractivity contribution in [1.29, 1.82) is 0 Å². The Morgan fingerprint density at radius 1 is 1.04 bits per heavy atom. The molecule has 2 saturated heterocycles. The van der Waals surface area contributed by atoms with Crippen molar-refractivity contribution in [2.45, 2.75) is 48.8 Å². The normalized spacial score (nSPS) is 26.5. The fourth-order valence-electron chi connectivity index (χ4n) is 3.93. The van der Waals surface area contributed by atoms with Gasteiger partial charge in [0, 0.05) is 37.2 Å². The molecule has 2 aliphatic heterocycles. The number of aromatic nitrogens is 1. The molecule has 1 aromatic heterocycles. The maximum Gasteiger partial charge on any atom is 0.246 e. The highest BCUT2D eigenvalue weighted by Crippen LogP contribution is 2.41. The van der Waals surface area contributed by atoms with E-state index in [1.165, 1.54) is 22.5 Å². The van der Waals surface area contributed by atoms with Crippen molar-refractivity contribution in [2.24, 2.45) is 0 Å². The van der Waals surface area contributed by atoms with Crippen molar-refractivity contribution in [2.75, 3.05) is 0 Å². The van der Waals surface area contributed by atoms with Crippen LogP contribution in [-0.2, 0) is 10.0 Å². The van der Waals surface area contributed by atoms with Crippen LogP contribution in [0.5, 0.6) is 5.88 Å². The molecule has 0 saturated carbocycles. The lowest BCUT2D eigenvalue weighted by molar-refractivity contribution is 0.0917. The quantitative estimate of drug-likeness (QED) is 0.839. The van der Waals surface area contributed by atoms with E-state index < -0.39 is 15.8 Å². The second-order valence-corrected chi connectivity index (χ2v) is 8.34. The van der Waals surface area contributed by atoms with E-state index in [1.807, 2.05) is 12.1 Å². The minimum absolute atomic E-state index is 0.0699. The summed E-state index contributed by atoms with van der Waals surface area (Å²) in [7, 11) is -3.84. The van der Waals surface area contributed by atoms with Gasteiger partial charge in [0.15, 0.2) is 0 Å². The van der Waals surface area contributed by atoms with Crippen molar-refractivity contribution in [3.05, 3.63) is 54.5 Å². The first-order chi connectivity index (χ1) is 12.1. The minimum atomic E-state index is -3.84. The van der Waals surface area contributed by atoms with E-state index in [4.69, 9.17) is 4.74 Å². The summed E-state index contributed by atoms with van der Waals surface area (Å²) in [5.74, 6) is -0.147. The number of piperidine rings is 1. The topological polar surface area (TPSA) is 59.5 Å². The highest BCUT2D eigenvalue weighted by atomic mass is 32.2. The van der Waals surface area contributed by atoms with Crippen LogP contribution < -0.4 is 4.74 Å². The zero-order chi connectivity index (χ0) is 17.4. The average Bonchev–Trinajstić information content (AvgIpc) is 2.89. The Bertz CT molecular complexity index is 846. The van der Waals surface area contributed by atoms with Gasteiger partial charge in [-0.1, -0.05) is 18.2 Å². The van der Waals surface area contributed by atoms with E-state index in [0.29, 0.717) is 18.7 Å². The van der Waals surface area contributed by atoms with Gasteiger partial charge in [0.2, 0.25) is 15.9 Å². The van der Waals surface area contributed by atoms with Gasteiger partial charge >= 0.3 is 0 Å². The first-order valence-electron chi connectivity index (χ1n) is 8.41. The highest BCUT2D eigenvalue weighted by Gasteiger charge is 2.48. The summed E-state index contributed by atoms with van der Waals surface area (Å²) >= 11 is 0. The third-order valence-corrected chi connectivity index (χ3v) is 6.98. The largest absolute Gasteiger partial charge is 0.474 e. The van der Waals surface area contributed by atoms with Crippen LogP contribution in [0.1, 0.15) is 25.7 Å². The Morgan fingerprint density at radius 2 is 1.72 bits per heavy atom. The lowest BCUT2D eigenvalue weighted by Gasteiger charge is -2.37. The molecule has 0 spiro atoms. The molecule has 132 valence electrons. The number of nitrogens with zero attached hydrogens (tertiary/aromatic N) is 2. The Balaban J connectivity index is 1.56. The Morgan fingerprint density at radius 3 is 2.36 bits per heavy atom. The van der Waals surface area contributed by atoms with Crippen LogP contribution in [-0.4, -0.2) is 35.9 Å². The number of fused-ring (bicyclic) bond motifs is 2. The summed E-state index contributed by atoms with van der Waals surface area (Å²) in [6, 6.07) is 10.7. The molecule has 4 rings (SSSR count). The molecule has 5 nitrogen and oxygen atoms in total. The van der Waals surface area contributed by atoms with Crippen molar-refractivity contribution in [3.63, 3.8) is 0 Å². The lowest BCUT2D eigenvalue weighted by Crippen LogP contribution is -2.49. The Hall–Kier alpha value is -1.99. The molecule has 2 unspecified atom stereocenters. The van der Waals surface area contributed by atoms with E-state index in [2.05, 4.69) is 4.98 Å². The SMILES string of the molecule is O=S(=O)(c1ccccc1F)N1C2CCC1CC(Oc1ccccn1)C2. The summed E-state index contributed by atoms with van der Waals surface area (Å²) in [5, 5.41) is 0. The van der Waals surface area contributed by atoms with Crippen LogP contribution in [0.4, 0.5) is 4.39 Å². The molecule has 0 radical (unpaired) electrons. The van der Waals surface area contributed by atoms with E-state index in [1.54, 1.807) is 18.3 Å². The Labute approximate surface area is 146 Å². The molecule has 7 heteroatoms. The van der Waals surface area contributed by atoms with Crippen LogP contribution in [0.2, 0.25) is 0 Å². The van der Waals surface area contributed by atoms with Gasteiger partial charge in [-0.05, 0) is 31.0 Å². The van der Waals surface area contributed by atoms with Gasteiger partial charge in [-0.15, -0.1) is 0 Å². The van der Waals surface area contributed by atoms with Crippen LogP contribution in [0.25, 0.3) is 0 Å². The number of hydrogen-bond acceptors (Lipinski definition) is 4. The smallest absolute Gasteiger partial charge is 0.246 e. The summed E-state index contributed by atoms with van der Waals surface area (Å²) < 4.78 is 47.4. The summed E-state index contributed by atoms with van der Waals surface area (Å²) in [6.07, 6.45) is 4.35. The molecule has 2 aromatic rings. The number of pyridine rings is 1. The van der Waals surface area contributed by atoms with Gasteiger partial charge in [0.1, 0.15) is 16.8 Å². The zero-order valence-electron chi connectivity index (χ0n) is 13.6. The second-order valence-electron chi connectivity index (χ2n) is 6.53. The van der Waals surface area contributed by atoms with Crippen LogP contribution >= 0.6 is 0 Å². The molecule has 2 aliphatic rings. The predicted octanol–water partition coefficient (Wildman–Crippen LogP) is 2.98. The number of halogens is 1. The molecular formula is C18H19FN2O3S. The number of ether oxygens (including phenoxy) is 1. The molecule has 2 fully saturated rings. The first-order valence-corrected chi connectivity index (χ1v) is 9.85. The maximum absolute atomic E-state index is 14.0. The molecule has 0 aliphatic carbocycles. The monoisotopic (exact) mass is 362 g/mol. The van der Waals surface area contributed by atoms with Crippen molar-refractivity contribution < 1.29 is 17.5 Å². The molecular weight excluding hydrogens is 343 g/mol. The highest BCUT2D eigenvalue weighted by molar-refractivity contribution is 7.89. The van der Waals surface area contributed by atoms with E-state index in [-0.39, 0.29) is 23.1 Å². The minimum Gasteiger partial charge on any atom is -0.474 e. The zero-order valence-corrected chi connectivity index (χ0v) is 14.4. The van der Waals surface area contributed by atoms with Gasteiger partial charge in [-0.2, -0.15) is 4.31 Å². The van der Waals surface area contributed by atoms with Gasteiger partial charge in [0.25, 0.3) is 0 Å². The Kier molecular flexibility index (Phi) is 4.21. The standard InChI is InChI=1S/C18H19FN2O3S/c19-16-5-1-2-6-17(16)25(22,23)21-13-8-9-14(21)12-15(11-13)24-18-7-3-4-10-20-18/h1-7,10,13-15H,8-9,11-12H2. The molecule has 25 heavy (non-hydrogen) atoms. The average molecular weight is 362 g/mol. The second kappa shape index (κ2) is 6.38. The molecule has 2 atom stereocenters. The third-order valence-electron chi connectivity index (χ3n) is 4.94. The number of benzene rings is 1. The van der Waals surface area contributed by atoms with Crippen molar-refractivity contribution in [1.82, 2.24) is 9.29 Å². The van der Waals surface area contributed by atoms with Crippen LogP contribution in [0, 0.1) is 5.82 Å². The van der Waals surface area contributed by atoms with Gasteiger partial charge in [-0.3, -0.25) is 0 Å². The van der Waals surface area contributed by atoms with Crippen LogP contribution in [0.15, 0.2) is 53.6 Å². The number of hydrogen-bond donors (Lipinski definition) is 0. The lowest BCUT2D eigenvalue weighted by atomic mass is 10.0. The summed E-state index contributed by atoms with van der Waals surface area (Å²) in [5.41, 5.74) is 0. The summed E-state index contributed by atoms with van der Waals surface area (Å²) in [4.78, 5) is 3.93. The van der Waals surface area contributed by atoms with Gasteiger partial charge in [-0.25, -0.2) is 17.8 Å².